The number of tetrazole rings is 1. The van der Waals surface area contributed by atoms with Crippen molar-refractivity contribution in [3.63, 3.8) is 0 Å². The van der Waals surface area contributed by atoms with Gasteiger partial charge in [0.2, 0.25) is 0 Å². The van der Waals surface area contributed by atoms with E-state index in [0.29, 0.717) is 24.0 Å². The first-order valence-electron chi connectivity index (χ1n) is 14.1. The number of rotatable bonds is 6. The highest BCUT2D eigenvalue weighted by molar-refractivity contribution is 5.83. The summed E-state index contributed by atoms with van der Waals surface area (Å²) >= 11 is 0. The summed E-state index contributed by atoms with van der Waals surface area (Å²) in [5.74, 6) is 0.345. The molecule has 2 aliphatic rings. The average molecular weight is 530 g/mol. The van der Waals surface area contributed by atoms with E-state index in [0.717, 1.165) is 53.8 Å². The van der Waals surface area contributed by atoms with E-state index in [9.17, 15) is 9.18 Å². The second kappa shape index (κ2) is 11.0. The lowest BCUT2D eigenvalue weighted by atomic mass is 9.93. The van der Waals surface area contributed by atoms with E-state index in [1.54, 1.807) is 16.8 Å². The van der Waals surface area contributed by atoms with Crippen molar-refractivity contribution in [2.24, 2.45) is 0 Å². The molecule has 0 amide bonds. The van der Waals surface area contributed by atoms with Gasteiger partial charge in [0.15, 0.2) is 5.82 Å². The van der Waals surface area contributed by atoms with Crippen LogP contribution in [0.5, 0.6) is 0 Å². The van der Waals surface area contributed by atoms with Crippen LogP contribution in [0.1, 0.15) is 66.2 Å². The zero-order valence-electron chi connectivity index (χ0n) is 22.7. The molecule has 1 saturated carbocycles. The number of piperazine rings is 1. The number of nitrogens with one attached hydrogen (secondary N) is 1. The van der Waals surface area contributed by atoms with Gasteiger partial charge in [0.1, 0.15) is 11.9 Å². The highest BCUT2D eigenvalue weighted by Gasteiger charge is 2.34. The number of halogens is 1. The minimum Gasteiger partial charge on any atom is -0.321 e. The molecular formula is C30H36FN7O. The Balaban J connectivity index is 1.38. The first kappa shape index (κ1) is 25.8. The van der Waals surface area contributed by atoms with Crippen LogP contribution in [0.2, 0.25) is 0 Å². The van der Waals surface area contributed by atoms with Crippen LogP contribution < -0.4 is 5.56 Å². The summed E-state index contributed by atoms with van der Waals surface area (Å²) in [5.41, 5.74) is 4.48. The maximum absolute atomic E-state index is 13.7. The molecule has 2 fully saturated rings. The quantitative estimate of drug-likeness (QED) is 0.400. The molecule has 4 aromatic rings. The van der Waals surface area contributed by atoms with Crippen molar-refractivity contribution < 1.29 is 4.39 Å². The molecular weight excluding hydrogens is 493 g/mol. The smallest absolute Gasteiger partial charge is 0.253 e. The number of hydrogen-bond donors (Lipinski definition) is 1. The summed E-state index contributed by atoms with van der Waals surface area (Å²) in [6.45, 7) is 8.07. The van der Waals surface area contributed by atoms with E-state index in [4.69, 9.17) is 0 Å². The van der Waals surface area contributed by atoms with Gasteiger partial charge in [0, 0.05) is 37.8 Å². The molecule has 0 unspecified atom stereocenters. The maximum Gasteiger partial charge on any atom is 0.253 e. The van der Waals surface area contributed by atoms with E-state index < -0.39 is 6.04 Å². The maximum atomic E-state index is 13.7. The van der Waals surface area contributed by atoms with Gasteiger partial charge in [-0.3, -0.25) is 14.6 Å². The number of hydrogen-bond acceptors (Lipinski definition) is 6. The Morgan fingerprint density at radius 3 is 2.49 bits per heavy atom. The fourth-order valence-electron chi connectivity index (χ4n) is 6.50. The van der Waals surface area contributed by atoms with Crippen LogP contribution in [0.25, 0.3) is 10.9 Å². The molecule has 2 aromatic heterocycles. The first-order valence-corrected chi connectivity index (χ1v) is 14.1. The number of aromatic nitrogens is 5. The lowest BCUT2D eigenvalue weighted by Gasteiger charge is -2.43. The van der Waals surface area contributed by atoms with Crippen LogP contribution in [-0.2, 0) is 6.54 Å². The zero-order chi connectivity index (χ0) is 26.9. The summed E-state index contributed by atoms with van der Waals surface area (Å²) in [5, 5.41) is 13.8. The van der Waals surface area contributed by atoms with Crippen LogP contribution >= 0.6 is 0 Å². The third-order valence-electron chi connectivity index (χ3n) is 8.47. The fourth-order valence-corrected chi connectivity index (χ4v) is 6.50. The highest BCUT2D eigenvalue weighted by atomic mass is 19.1. The van der Waals surface area contributed by atoms with Gasteiger partial charge in [0.05, 0.1) is 12.1 Å². The molecule has 1 aliphatic carbocycles. The number of H-pyrrole nitrogens is 1. The van der Waals surface area contributed by atoms with Gasteiger partial charge < -0.3 is 4.98 Å². The number of nitrogens with zero attached hydrogens (tertiary/aromatic N) is 6. The molecule has 1 saturated heterocycles. The van der Waals surface area contributed by atoms with Gasteiger partial charge in [-0.1, -0.05) is 43.0 Å². The second-order valence-electron chi connectivity index (χ2n) is 11.2. The number of aryl methyl sites for hydroxylation is 2. The van der Waals surface area contributed by atoms with Gasteiger partial charge in [-0.2, -0.15) is 0 Å². The molecule has 0 spiro atoms. The van der Waals surface area contributed by atoms with Crippen LogP contribution in [-0.4, -0.2) is 67.2 Å². The molecule has 1 N–H and O–H groups in total. The first-order chi connectivity index (χ1) is 19.0. The molecule has 0 radical (unpaired) electrons. The highest BCUT2D eigenvalue weighted by Crippen LogP contribution is 2.31. The Kier molecular flexibility index (Phi) is 7.27. The summed E-state index contributed by atoms with van der Waals surface area (Å²) < 4.78 is 15.3. The summed E-state index contributed by atoms with van der Waals surface area (Å²) in [4.78, 5) is 21.8. The van der Waals surface area contributed by atoms with Crippen molar-refractivity contribution in [1.29, 1.82) is 0 Å². The Morgan fingerprint density at radius 1 is 1.00 bits per heavy atom. The van der Waals surface area contributed by atoms with Gasteiger partial charge in [-0.15, -0.1) is 5.10 Å². The van der Waals surface area contributed by atoms with E-state index in [2.05, 4.69) is 49.4 Å². The Morgan fingerprint density at radius 2 is 1.74 bits per heavy atom. The molecule has 1 atom stereocenters. The van der Waals surface area contributed by atoms with Crippen molar-refractivity contribution in [3.8, 4) is 0 Å². The number of fused-ring (bicyclic) bond motifs is 1. The third kappa shape index (κ3) is 5.38. The summed E-state index contributed by atoms with van der Waals surface area (Å²) in [6.07, 6.45) is 6.54. The summed E-state index contributed by atoms with van der Waals surface area (Å²) in [6, 6.07) is 12.9. The van der Waals surface area contributed by atoms with E-state index >= 15 is 0 Å². The second-order valence-corrected chi connectivity index (χ2v) is 11.2. The standard InChI is InChI=1S/C30H36FN7O/c1-20-16-21(2)27-23(17-20)18-26(30(39)32-27)28(37-14-12-36(13-15-37)25-6-4-3-5-7-25)29-33-34-35-38(29)19-22-8-10-24(31)11-9-22/h8-11,16-18,25,28H,3-7,12-15,19H2,1-2H3,(H,32,39)/t28-/m1/s1. The Bertz CT molecular complexity index is 1500. The van der Waals surface area contributed by atoms with Crippen molar-refractivity contribution >= 4 is 10.9 Å². The molecule has 3 heterocycles. The molecule has 1 aliphatic heterocycles. The average Bonchev–Trinajstić information content (AvgIpc) is 3.39. The van der Waals surface area contributed by atoms with Crippen LogP contribution in [0, 0.1) is 19.7 Å². The lowest BCUT2D eigenvalue weighted by Crippen LogP contribution is -2.52. The molecule has 8 nitrogen and oxygen atoms in total. The van der Waals surface area contributed by atoms with E-state index in [1.807, 2.05) is 13.0 Å². The van der Waals surface area contributed by atoms with Gasteiger partial charge in [-0.25, -0.2) is 9.07 Å². The zero-order valence-corrected chi connectivity index (χ0v) is 22.7. The van der Waals surface area contributed by atoms with Crippen LogP contribution in [0.3, 0.4) is 0 Å². The molecule has 204 valence electrons. The third-order valence-corrected chi connectivity index (χ3v) is 8.47. The van der Waals surface area contributed by atoms with Crippen LogP contribution in [0.4, 0.5) is 4.39 Å². The van der Waals surface area contributed by atoms with Crippen molar-refractivity contribution in [2.75, 3.05) is 26.2 Å². The molecule has 39 heavy (non-hydrogen) atoms. The van der Waals surface area contributed by atoms with Gasteiger partial charge in [0.25, 0.3) is 5.56 Å². The summed E-state index contributed by atoms with van der Waals surface area (Å²) in [7, 11) is 0. The molecule has 0 bridgehead atoms. The predicted octanol–water partition coefficient (Wildman–Crippen LogP) is 4.36. The lowest BCUT2D eigenvalue weighted by molar-refractivity contribution is 0.0618. The monoisotopic (exact) mass is 529 g/mol. The predicted molar refractivity (Wildman–Crippen MR) is 149 cm³/mol. The normalized spacial score (nSPS) is 18.5. The molecule has 2 aromatic carbocycles. The number of aromatic amines is 1. The largest absolute Gasteiger partial charge is 0.321 e. The molecule has 9 heteroatoms. The number of pyridine rings is 1. The van der Waals surface area contributed by atoms with Gasteiger partial charge in [-0.05, 0) is 77.9 Å². The Hall–Kier alpha value is -3.43. The minimum absolute atomic E-state index is 0.120. The SMILES string of the molecule is Cc1cc(C)c2[nH]c(=O)c([C@H](c3nnnn3Cc3ccc(F)cc3)N3CCN(C4CCCCC4)CC3)cc2c1. The van der Waals surface area contributed by atoms with Crippen molar-refractivity contribution in [1.82, 2.24) is 35.0 Å². The fraction of sp³-hybridized carbons (Fsp3) is 0.467. The minimum atomic E-state index is -0.400. The van der Waals surface area contributed by atoms with Gasteiger partial charge >= 0.3 is 0 Å². The van der Waals surface area contributed by atoms with E-state index in [1.165, 1.54) is 44.2 Å². The van der Waals surface area contributed by atoms with Crippen LogP contribution in [0.15, 0.2) is 47.3 Å². The van der Waals surface area contributed by atoms with E-state index in [-0.39, 0.29) is 11.4 Å². The number of benzene rings is 2. The Labute approximate surface area is 227 Å². The van der Waals surface area contributed by atoms with Crippen molar-refractivity contribution in [3.05, 3.63) is 86.7 Å². The van der Waals surface area contributed by atoms with Crippen molar-refractivity contribution in [2.45, 2.75) is 64.6 Å². The topological polar surface area (TPSA) is 82.9 Å². The molecule has 6 rings (SSSR count).